The monoisotopic (exact) mass is 322 g/mol. The maximum Gasteiger partial charge on any atom is 0.257 e. The zero-order chi connectivity index (χ0) is 16.7. The van der Waals surface area contributed by atoms with Crippen LogP contribution in [0.2, 0.25) is 0 Å². The summed E-state index contributed by atoms with van der Waals surface area (Å²) < 4.78 is 26.9. The number of benzene rings is 1. The Labute approximate surface area is 136 Å². The number of piperazine rings is 1. The molecule has 0 spiro atoms. The van der Waals surface area contributed by atoms with Crippen LogP contribution < -0.4 is 0 Å². The number of hydrogen-bond acceptors (Lipinski definition) is 2. The maximum absolute atomic E-state index is 13.7. The number of unbranched alkanes of at least 4 members (excludes halogenated alkanes) is 1. The molecule has 0 atom stereocenters. The summed E-state index contributed by atoms with van der Waals surface area (Å²) in [4.78, 5) is 16.2. The summed E-state index contributed by atoms with van der Waals surface area (Å²) in [6.07, 6.45) is 7.68. The molecule has 1 aliphatic heterocycles. The van der Waals surface area contributed by atoms with Gasteiger partial charge in [0.2, 0.25) is 0 Å². The van der Waals surface area contributed by atoms with E-state index in [2.05, 4.69) is 24.0 Å². The van der Waals surface area contributed by atoms with Crippen molar-refractivity contribution in [3.05, 3.63) is 47.5 Å². The van der Waals surface area contributed by atoms with Gasteiger partial charge >= 0.3 is 0 Å². The van der Waals surface area contributed by atoms with E-state index in [-0.39, 0.29) is 5.56 Å². The lowest BCUT2D eigenvalue weighted by atomic mass is 10.1. The van der Waals surface area contributed by atoms with E-state index in [0.29, 0.717) is 13.1 Å². The fourth-order valence-electron chi connectivity index (χ4n) is 2.67. The van der Waals surface area contributed by atoms with Crippen molar-refractivity contribution in [2.75, 3.05) is 32.7 Å². The number of nitrogens with zero attached hydrogens (tertiary/aromatic N) is 2. The molecule has 0 unspecified atom stereocenters. The van der Waals surface area contributed by atoms with E-state index in [1.54, 1.807) is 4.90 Å². The second-order valence-corrected chi connectivity index (χ2v) is 5.81. The van der Waals surface area contributed by atoms with Crippen LogP contribution in [-0.2, 0) is 0 Å². The topological polar surface area (TPSA) is 23.6 Å². The Bertz CT molecular complexity index is 552. The number of allylic oxidation sites excluding steroid dienone is 1. The van der Waals surface area contributed by atoms with Gasteiger partial charge in [-0.05, 0) is 31.0 Å². The molecule has 0 radical (unpaired) electrons. The largest absolute Gasteiger partial charge is 0.336 e. The second-order valence-electron chi connectivity index (χ2n) is 5.81. The highest BCUT2D eigenvalue weighted by molar-refractivity contribution is 5.94. The molecule has 0 aliphatic carbocycles. The molecule has 0 saturated carbocycles. The van der Waals surface area contributed by atoms with Gasteiger partial charge in [-0.3, -0.25) is 9.69 Å². The third-order valence-corrected chi connectivity index (χ3v) is 4.05. The molecular formula is C18H24F2N2O. The second kappa shape index (κ2) is 8.77. The van der Waals surface area contributed by atoms with Gasteiger partial charge < -0.3 is 4.90 Å². The van der Waals surface area contributed by atoms with Crippen molar-refractivity contribution in [1.82, 2.24) is 9.80 Å². The van der Waals surface area contributed by atoms with Gasteiger partial charge in [-0.2, -0.15) is 0 Å². The summed E-state index contributed by atoms with van der Waals surface area (Å²) in [5.41, 5.74) is -0.180. The first-order valence-corrected chi connectivity index (χ1v) is 8.23. The number of rotatable bonds is 6. The fourth-order valence-corrected chi connectivity index (χ4v) is 2.67. The van der Waals surface area contributed by atoms with Gasteiger partial charge in [-0.15, -0.1) is 0 Å². The molecule has 0 aromatic heterocycles. The van der Waals surface area contributed by atoms with Crippen LogP contribution in [0.25, 0.3) is 0 Å². The van der Waals surface area contributed by atoms with Crippen molar-refractivity contribution in [3.63, 3.8) is 0 Å². The van der Waals surface area contributed by atoms with Crippen molar-refractivity contribution >= 4 is 5.91 Å². The molecule has 3 nitrogen and oxygen atoms in total. The number of amides is 1. The molecule has 0 bridgehead atoms. The van der Waals surface area contributed by atoms with Crippen molar-refractivity contribution in [2.45, 2.75) is 26.2 Å². The minimum absolute atomic E-state index is 0.180. The van der Waals surface area contributed by atoms with Gasteiger partial charge in [-0.1, -0.05) is 25.5 Å². The lowest BCUT2D eigenvalue weighted by molar-refractivity contribution is 0.0634. The first kappa shape index (κ1) is 17.6. The Morgan fingerprint density at radius 2 is 1.83 bits per heavy atom. The summed E-state index contributed by atoms with van der Waals surface area (Å²) in [5, 5.41) is 0. The van der Waals surface area contributed by atoms with E-state index in [0.717, 1.165) is 57.1 Å². The normalized spacial score (nSPS) is 16.2. The van der Waals surface area contributed by atoms with Crippen LogP contribution in [0.5, 0.6) is 0 Å². The third-order valence-electron chi connectivity index (χ3n) is 4.05. The first-order chi connectivity index (χ1) is 11.1. The van der Waals surface area contributed by atoms with Crippen LogP contribution in [-0.4, -0.2) is 48.4 Å². The maximum atomic E-state index is 13.7. The zero-order valence-corrected chi connectivity index (χ0v) is 13.6. The van der Waals surface area contributed by atoms with Crippen LogP contribution in [0.1, 0.15) is 36.5 Å². The smallest absolute Gasteiger partial charge is 0.257 e. The molecular weight excluding hydrogens is 298 g/mol. The minimum Gasteiger partial charge on any atom is -0.336 e. The third kappa shape index (κ3) is 5.13. The molecule has 1 amide bonds. The average Bonchev–Trinajstić information content (AvgIpc) is 2.57. The van der Waals surface area contributed by atoms with Gasteiger partial charge in [-0.25, -0.2) is 8.78 Å². The van der Waals surface area contributed by atoms with Gasteiger partial charge in [0, 0.05) is 32.7 Å². The molecule has 1 aromatic rings. The predicted molar refractivity (Wildman–Crippen MR) is 87.4 cm³/mol. The van der Waals surface area contributed by atoms with Crippen LogP contribution in [0.4, 0.5) is 8.78 Å². The Morgan fingerprint density at radius 1 is 1.13 bits per heavy atom. The summed E-state index contributed by atoms with van der Waals surface area (Å²) in [5.74, 6) is -1.68. The highest BCUT2D eigenvalue weighted by Crippen LogP contribution is 2.14. The Hall–Kier alpha value is -1.75. The van der Waals surface area contributed by atoms with E-state index >= 15 is 0 Å². The van der Waals surface area contributed by atoms with Crippen LogP contribution >= 0.6 is 0 Å². The Kier molecular flexibility index (Phi) is 6.71. The van der Waals surface area contributed by atoms with Crippen molar-refractivity contribution < 1.29 is 13.6 Å². The number of hydrogen-bond donors (Lipinski definition) is 0. The minimum atomic E-state index is -0.667. The predicted octanol–water partition coefficient (Wildman–Crippen LogP) is 3.47. The van der Waals surface area contributed by atoms with Gasteiger partial charge in [0.25, 0.3) is 5.91 Å². The summed E-state index contributed by atoms with van der Waals surface area (Å²) in [7, 11) is 0. The van der Waals surface area contributed by atoms with Crippen LogP contribution in [0.3, 0.4) is 0 Å². The number of carbonyl (C=O) groups excluding carboxylic acids is 1. The molecule has 1 aliphatic rings. The SMILES string of the molecule is CCCC=CCCN1CCN(C(=O)c2cc(F)ccc2F)CC1. The van der Waals surface area contributed by atoms with Crippen molar-refractivity contribution in [3.8, 4) is 0 Å². The molecule has 0 N–H and O–H groups in total. The summed E-state index contributed by atoms with van der Waals surface area (Å²) >= 11 is 0. The average molecular weight is 322 g/mol. The van der Waals surface area contributed by atoms with Gasteiger partial charge in [0.05, 0.1) is 5.56 Å². The highest BCUT2D eigenvalue weighted by atomic mass is 19.1. The standard InChI is InChI=1S/C18H24F2N2O/c1-2-3-4-5-6-9-21-10-12-22(13-11-21)18(23)16-14-15(19)7-8-17(16)20/h4-5,7-8,14H,2-3,6,9-13H2,1H3. The molecule has 5 heteroatoms. The summed E-state index contributed by atoms with van der Waals surface area (Å²) in [6, 6.07) is 3.00. The lowest BCUT2D eigenvalue weighted by Gasteiger charge is -2.34. The van der Waals surface area contributed by atoms with E-state index in [1.165, 1.54) is 0 Å². The molecule has 1 saturated heterocycles. The van der Waals surface area contributed by atoms with E-state index in [1.807, 2.05) is 0 Å². The molecule has 2 rings (SSSR count). The van der Waals surface area contributed by atoms with Crippen LogP contribution in [0, 0.1) is 11.6 Å². The highest BCUT2D eigenvalue weighted by Gasteiger charge is 2.24. The molecule has 126 valence electrons. The first-order valence-electron chi connectivity index (χ1n) is 8.23. The Morgan fingerprint density at radius 3 is 2.52 bits per heavy atom. The lowest BCUT2D eigenvalue weighted by Crippen LogP contribution is -2.49. The van der Waals surface area contributed by atoms with Crippen molar-refractivity contribution in [2.24, 2.45) is 0 Å². The molecule has 1 heterocycles. The molecule has 23 heavy (non-hydrogen) atoms. The van der Waals surface area contributed by atoms with Crippen molar-refractivity contribution in [1.29, 1.82) is 0 Å². The van der Waals surface area contributed by atoms with E-state index < -0.39 is 17.5 Å². The Balaban J connectivity index is 1.82. The zero-order valence-electron chi connectivity index (χ0n) is 13.6. The number of halogens is 2. The molecule has 1 fully saturated rings. The van der Waals surface area contributed by atoms with Crippen LogP contribution in [0.15, 0.2) is 30.4 Å². The number of carbonyl (C=O) groups is 1. The van der Waals surface area contributed by atoms with E-state index in [9.17, 15) is 13.6 Å². The van der Waals surface area contributed by atoms with Gasteiger partial charge in [0.1, 0.15) is 11.6 Å². The fraction of sp³-hybridized carbons (Fsp3) is 0.500. The summed E-state index contributed by atoms with van der Waals surface area (Å²) in [6.45, 7) is 5.76. The van der Waals surface area contributed by atoms with E-state index in [4.69, 9.17) is 0 Å². The molecule has 1 aromatic carbocycles. The van der Waals surface area contributed by atoms with Gasteiger partial charge in [0.15, 0.2) is 0 Å². The quantitative estimate of drug-likeness (QED) is 0.749.